The van der Waals surface area contributed by atoms with Crippen molar-refractivity contribution in [1.29, 1.82) is 0 Å². The molecular formula is C18H15FN2O3S2. The summed E-state index contributed by atoms with van der Waals surface area (Å²) in [5.41, 5.74) is 1.75. The molecule has 1 aromatic heterocycles. The molecule has 26 heavy (non-hydrogen) atoms. The highest BCUT2D eigenvalue weighted by Crippen LogP contribution is 2.36. The number of ether oxygens (including phenoxy) is 1. The Morgan fingerprint density at radius 2 is 2.00 bits per heavy atom. The van der Waals surface area contributed by atoms with Crippen LogP contribution in [-0.4, -0.2) is 30.2 Å². The molecule has 0 saturated carbocycles. The Morgan fingerprint density at radius 1 is 1.27 bits per heavy atom. The smallest absolute Gasteiger partial charge is 0.335 e. The van der Waals surface area contributed by atoms with Gasteiger partial charge in [0.05, 0.1) is 18.4 Å². The molecule has 3 rings (SSSR count). The molecule has 5 nitrogen and oxygen atoms in total. The number of carboxylic acids is 1. The Hall–Kier alpha value is -2.58. The molecule has 0 saturated heterocycles. The fourth-order valence-electron chi connectivity index (χ4n) is 2.29. The number of nitrogens with zero attached hydrogens (tertiary/aromatic N) is 2. The van der Waals surface area contributed by atoms with Crippen molar-refractivity contribution in [2.75, 3.05) is 18.5 Å². The maximum Gasteiger partial charge on any atom is 0.335 e. The zero-order chi connectivity index (χ0) is 18.7. The number of methoxy groups -OCH3 is 1. The first-order valence-corrected chi connectivity index (χ1v) is 9.17. The standard InChI is InChI=1S/C18H15FN2O3S2/c1-21(14-8-5-12(18(22)23)9-15(14)24-2)26-16-10-25-17(20-16)11-3-6-13(19)7-4-11/h3-10H,1-2H3,(H,22,23). The van der Waals surface area contributed by atoms with Crippen LogP contribution < -0.4 is 9.04 Å². The van der Waals surface area contributed by atoms with E-state index in [1.165, 1.54) is 54.7 Å². The van der Waals surface area contributed by atoms with E-state index in [2.05, 4.69) is 4.98 Å². The van der Waals surface area contributed by atoms with E-state index in [4.69, 9.17) is 9.84 Å². The summed E-state index contributed by atoms with van der Waals surface area (Å²) in [5, 5.41) is 12.6. The van der Waals surface area contributed by atoms with Crippen LogP contribution in [0, 0.1) is 5.82 Å². The van der Waals surface area contributed by atoms with E-state index in [9.17, 15) is 9.18 Å². The van der Waals surface area contributed by atoms with Crippen LogP contribution in [0.2, 0.25) is 0 Å². The number of aromatic carboxylic acids is 1. The minimum absolute atomic E-state index is 0.163. The van der Waals surface area contributed by atoms with Crippen LogP contribution in [-0.2, 0) is 0 Å². The Kier molecular flexibility index (Phi) is 5.43. The van der Waals surface area contributed by atoms with Crippen molar-refractivity contribution in [3.8, 4) is 16.3 Å². The molecule has 0 aliphatic heterocycles. The van der Waals surface area contributed by atoms with E-state index in [0.717, 1.165) is 21.3 Å². The van der Waals surface area contributed by atoms with Crippen molar-refractivity contribution >= 4 is 34.9 Å². The van der Waals surface area contributed by atoms with E-state index in [1.54, 1.807) is 18.2 Å². The molecule has 2 aromatic carbocycles. The maximum absolute atomic E-state index is 13.0. The number of thiazole rings is 1. The highest BCUT2D eigenvalue weighted by Gasteiger charge is 2.15. The summed E-state index contributed by atoms with van der Waals surface area (Å²) in [6.07, 6.45) is 0. The summed E-state index contributed by atoms with van der Waals surface area (Å²) in [7, 11) is 3.35. The Morgan fingerprint density at radius 3 is 2.65 bits per heavy atom. The number of hydrogen-bond donors (Lipinski definition) is 1. The number of benzene rings is 2. The fraction of sp³-hybridized carbons (Fsp3) is 0.111. The highest BCUT2D eigenvalue weighted by atomic mass is 32.2. The average molecular weight is 390 g/mol. The topological polar surface area (TPSA) is 62.7 Å². The molecule has 0 unspecified atom stereocenters. The molecule has 8 heteroatoms. The van der Waals surface area contributed by atoms with E-state index in [0.29, 0.717) is 5.75 Å². The number of halogens is 1. The second-order valence-corrected chi connectivity index (χ2v) is 7.29. The van der Waals surface area contributed by atoms with Gasteiger partial charge in [-0.25, -0.2) is 14.2 Å². The van der Waals surface area contributed by atoms with Crippen LogP contribution in [0.1, 0.15) is 10.4 Å². The van der Waals surface area contributed by atoms with Crippen molar-refractivity contribution in [2.24, 2.45) is 0 Å². The second kappa shape index (κ2) is 7.76. The lowest BCUT2D eigenvalue weighted by Gasteiger charge is -2.19. The Labute approximate surface area is 158 Å². The van der Waals surface area contributed by atoms with Crippen LogP contribution in [0.15, 0.2) is 52.9 Å². The number of carbonyl (C=O) groups is 1. The summed E-state index contributed by atoms with van der Waals surface area (Å²) in [6.45, 7) is 0. The molecule has 1 N–H and O–H groups in total. The third-order valence-corrected chi connectivity index (χ3v) is 5.48. The van der Waals surface area contributed by atoms with Crippen LogP contribution >= 0.6 is 23.3 Å². The summed E-state index contributed by atoms with van der Waals surface area (Å²) in [4.78, 5) is 15.7. The summed E-state index contributed by atoms with van der Waals surface area (Å²) in [6, 6.07) is 10.9. The predicted molar refractivity (Wildman–Crippen MR) is 102 cm³/mol. The summed E-state index contributed by atoms with van der Waals surface area (Å²) < 4.78 is 20.2. The molecule has 0 radical (unpaired) electrons. The minimum Gasteiger partial charge on any atom is -0.495 e. The highest BCUT2D eigenvalue weighted by molar-refractivity contribution is 8.00. The average Bonchev–Trinajstić information content (AvgIpc) is 3.10. The van der Waals surface area contributed by atoms with Gasteiger partial charge in [-0.05, 0) is 42.5 Å². The van der Waals surface area contributed by atoms with Gasteiger partial charge in [0.25, 0.3) is 0 Å². The van der Waals surface area contributed by atoms with Crippen molar-refractivity contribution < 1.29 is 19.0 Å². The monoisotopic (exact) mass is 390 g/mol. The van der Waals surface area contributed by atoms with Crippen LogP contribution in [0.25, 0.3) is 10.6 Å². The molecule has 0 fully saturated rings. The van der Waals surface area contributed by atoms with E-state index in [1.807, 2.05) is 16.7 Å². The number of anilines is 1. The third-order valence-electron chi connectivity index (χ3n) is 3.57. The Bertz CT molecular complexity index is 928. The zero-order valence-corrected chi connectivity index (χ0v) is 15.6. The number of rotatable bonds is 6. The Balaban J connectivity index is 1.79. The predicted octanol–water partition coefficient (Wildman–Crippen LogP) is 4.80. The number of carboxylic acid groups (broad SMARTS) is 1. The second-order valence-electron chi connectivity index (χ2n) is 5.28. The molecule has 1 heterocycles. The van der Waals surface area contributed by atoms with Gasteiger partial charge in [0.1, 0.15) is 21.6 Å². The summed E-state index contributed by atoms with van der Waals surface area (Å²) >= 11 is 2.86. The fourth-order valence-corrected chi connectivity index (χ4v) is 4.01. The van der Waals surface area contributed by atoms with Gasteiger partial charge in [-0.1, -0.05) is 0 Å². The van der Waals surface area contributed by atoms with Crippen LogP contribution in [0.3, 0.4) is 0 Å². The van der Waals surface area contributed by atoms with Gasteiger partial charge < -0.3 is 14.1 Å². The number of hydrogen-bond acceptors (Lipinski definition) is 6. The molecule has 134 valence electrons. The van der Waals surface area contributed by atoms with Crippen molar-refractivity contribution in [2.45, 2.75) is 5.03 Å². The molecule has 0 atom stereocenters. The normalized spacial score (nSPS) is 10.6. The van der Waals surface area contributed by atoms with Crippen molar-refractivity contribution in [3.05, 3.63) is 59.2 Å². The summed E-state index contributed by atoms with van der Waals surface area (Å²) in [5.74, 6) is -0.820. The first-order chi connectivity index (χ1) is 12.5. The van der Waals surface area contributed by atoms with E-state index >= 15 is 0 Å². The lowest BCUT2D eigenvalue weighted by Crippen LogP contribution is -2.09. The SMILES string of the molecule is COc1cc(C(=O)O)ccc1N(C)Sc1csc(-c2ccc(F)cc2)n1. The molecule has 0 amide bonds. The molecule has 3 aromatic rings. The van der Waals surface area contributed by atoms with Crippen molar-refractivity contribution in [1.82, 2.24) is 4.98 Å². The van der Waals surface area contributed by atoms with Crippen molar-refractivity contribution in [3.63, 3.8) is 0 Å². The first kappa shape index (κ1) is 18.2. The minimum atomic E-state index is -1.01. The van der Waals surface area contributed by atoms with E-state index in [-0.39, 0.29) is 11.4 Å². The maximum atomic E-state index is 13.0. The molecule has 0 aliphatic rings. The third kappa shape index (κ3) is 3.97. The van der Waals surface area contributed by atoms with E-state index < -0.39 is 5.97 Å². The van der Waals surface area contributed by atoms with Gasteiger partial charge in [0, 0.05) is 29.9 Å². The molecular weight excluding hydrogens is 375 g/mol. The number of aromatic nitrogens is 1. The van der Waals surface area contributed by atoms with Gasteiger partial charge >= 0.3 is 5.97 Å². The molecule has 0 bridgehead atoms. The lowest BCUT2D eigenvalue weighted by atomic mass is 10.2. The molecule has 0 spiro atoms. The quantitative estimate of drug-likeness (QED) is 0.610. The first-order valence-electron chi connectivity index (χ1n) is 7.52. The van der Waals surface area contributed by atoms with Gasteiger partial charge in [-0.3, -0.25) is 0 Å². The van der Waals surface area contributed by atoms with Gasteiger partial charge in [0.2, 0.25) is 0 Å². The lowest BCUT2D eigenvalue weighted by molar-refractivity contribution is 0.0696. The van der Waals surface area contributed by atoms with Gasteiger partial charge in [-0.2, -0.15) is 0 Å². The van der Waals surface area contributed by atoms with Gasteiger partial charge in [-0.15, -0.1) is 11.3 Å². The van der Waals surface area contributed by atoms with Gasteiger partial charge in [0.15, 0.2) is 0 Å². The van der Waals surface area contributed by atoms with Crippen LogP contribution in [0.4, 0.5) is 10.1 Å². The largest absolute Gasteiger partial charge is 0.495 e. The molecule has 0 aliphatic carbocycles. The zero-order valence-electron chi connectivity index (χ0n) is 14.0. The van der Waals surface area contributed by atoms with Crippen LogP contribution in [0.5, 0.6) is 5.75 Å².